The van der Waals surface area contributed by atoms with Gasteiger partial charge in [0.25, 0.3) is 0 Å². The molecule has 15 heavy (non-hydrogen) atoms. The van der Waals surface area contributed by atoms with Crippen molar-refractivity contribution in [3.63, 3.8) is 0 Å². The van der Waals surface area contributed by atoms with Crippen molar-refractivity contribution < 1.29 is 8.42 Å². The molecule has 1 aliphatic heterocycles. The molecule has 0 saturated carbocycles. The number of hydrogen-bond acceptors (Lipinski definition) is 5. The second kappa shape index (κ2) is 3.74. The number of nitrogens with zero attached hydrogens (tertiary/aromatic N) is 3. The zero-order chi connectivity index (χ0) is 10.9. The Balaban J connectivity index is 1.88. The van der Waals surface area contributed by atoms with Crippen LogP contribution in [0.25, 0.3) is 0 Å². The number of rotatable bonds is 3. The SMILES string of the molecule is Cn1cc(CNC2C=CS(=O)(=O)C2)nn1. The van der Waals surface area contributed by atoms with Crippen LogP contribution in [-0.2, 0) is 23.4 Å². The zero-order valence-electron chi connectivity index (χ0n) is 8.29. The summed E-state index contributed by atoms with van der Waals surface area (Å²) in [5.74, 6) is 0.132. The van der Waals surface area contributed by atoms with Crippen LogP contribution < -0.4 is 5.32 Å². The minimum absolute atomic E-state index is 0.114. The fraction of sp³-hybridized carbons (Fsp3) is 0.500. The smallest absolute Gasteiger partial charge is 0.173 e. The Labute approximate surface area is 87.9 Å². The van der Waals surface area contributed by atoms with E-state index in [2.05, 4.69) is 15.6 Å². The molecule has 1 N–H and O–H groups in total. The van der Waals surface area contributed by atoms with Gasteiger partial charge in [0, 0.05) is 31.2 Å². The van der Waals surface area contributed by atoms with Gasteiger partial charge in [-0.15, -0.1) is 5.10 Å². The van der Waals surface area contributed by atoms with Crippen LogP contribution in [0.1, 0.15) is 5.69 Å². The second-order valence-electron chi connectivity index (χ2n) is 3.53. The first-order valence-corrected chi connectivity index (χ1v) is 6.26. The average Bonchev–Trinajstić information content (AvgIpc) is 2.69. The summed E-state index contributed by atoms with van der Waals surface area (Å²) in [6.07, 6.45) is 3.45. The molecule has 2 rings (SSSR count). The molecule has 7 heteroatoms. The van der Waals surface area contributed by atoms with E-state index in [1.165, 1.54) is 5.41 Å². The molecular weight excluding hydrogens is 216 g/mol. The molecule has 1 atom stereocenters. The standard InChI is InChI=1S/C8H12N4O2S/c1-12-5-8(10-11-12)4-9-7-2-3-15(13,14)6-7/h2-3,5,7,9H,4,6H2,1H3. The van der Waals surface area contributed by atoms with Gasteiger partial charge in [-0.05, 0) is 0 Å². The van der Waals surface area contributed by atoms with E-state index in [-0.39, 0.29) is 11.8 Å². The first kappa shape index (κ1) is 10.3. The third-order valence-electron chi connectivity index (χ3n) is 2.13. The van der Waals surface area contributed by atoms with Crippen LogP contribution >= 0.6 is 0 Å². The van der Waals surface area contributed by atoms with Crippen molar-refractivity contribution in [2.45, 2.75) is 12.6 Å². The largest absolute Gasteiger partial charge is 0.304 e. The molecule has 1 aromatic rings. The normalized spacial score (nSPS) is 23.4. The molecular formula is C8H12N4O2S. The predicted molar refractivity (Wildman–Crippen MR) is 54.6 cm³/mol. The lowest BCUT2D eigenvalue weighted by Crippen LogP contribution is -2.29. The quantitative estimate of drug-likeness (QED) is 0.734. The summed E-state index contributed by atoms with van der Waals surface area (Å²) < 4.78 is 23.8. The molecule has 0 aromatic carbocycles. The van der Waals surface area contributed by atoms with Crippen molar-refractivity contribution in [3.05, 3.63) is 23.4 Å². The van der Waals surface area contributed by atoms with Crippen molar-refractivity contribution in [2.75, 3.05) is 5.75 Å². The Hall–Kier alpha value is -1.21. The molecule has 1 aliphatic rings. The highest BCUT2D eigenvalue weighted by Gasteiger charge is 2.20. The molecule has 0 aliphatic carbocycles. The molecule has 1 unspecified atom stereocenters. The molecule has 1 aromatic heterocycles. The topological polar surface area (TPSA) is 76.9 Å². The Morgan fingerprint density at radius 1 is 1.67 bits per heavy atom. The molecule has 82 valence electrons. The highest BCUT2D eigenvalue weighted by atomic mass is 32.2. The lowest BCUT2D eigenvalue weighted by atomic mass is 10.3. The second-order valence-corrected chi connectivity index (χ2v) is 5.46. The molecule has 0 spiro atoms. The molecule has 0 fully saturated rings. The number of hydrogen-bond donors (Lipinski definition) is 1. The monoisotopic (exact) mass is 228 g/mol. The van der Waals surface area contributed by atoms with Crippen LogP contribution in [0.3, 0.4) is 0 Å². The summed E-state index contributed by atoms with van der Waals surface area (Å²) in [6, 6.07) is -0.114. The Bertz CT molecular complexity index is 477. The van der Waals surface area contributed by atoms with E-state index < -0.39 is 9.84 Å². The van der Waals surface area contributed by atoms with Gasteiger partial charge in [0.05, 0.1) is 11.4 Å². The van der Waals surface area contributed by atoms with Gasteiger partial charge in [-0.3, -0.25) is 4.68 Å². The number of aromatic nitrogens is 3. The molecule has 0 amide bonds. The van der Waals surface area contributed by atoms with Gasteiger partial charge in [0.15, 0.2) is 9.84 Å². The maximum absolute atomic E-state index is 11.1. The third-order valence-corrected chi connectivity index (χ3v) is 3.52. The van der Waals surface area contributed by atoms with Gasteiger partial charge in [-0.2, -0.15) is 0 Å². The predicted octanol–water partition coefficient (Wildman–Crippen LogP) is -0.785. The van der Waals surface area contributed by atoms with Crippen molar-refractivity contribution >= 4 is 9.84 Å². The molecule has 0 saturated heterocycles. The van der Waals surface area contributed by atoms with E-state index in [4.69, 9.17) is 0 Å². The zero-order valence-corrected chi connectivity index (χ0v) is 9.11. The van der Waals surface area contributed by atoms with E-state index in [0.717, 1.165) is 5.69 Å². The highest BCUT2D eigenvalue weighted by molar-refractivity contribution is 7.94. The Morgan fingerprint density at radius 3 is 3.00 bits per heavy atom. The van der Waals surface area contributed by atoms with Crippen LogP contribution in [0.5, 0.6) is 0 Å². The first-order valence-electron chi connectivity index (χ1n) is 4.55. The van der Waals surface area contributed by atoms with Gasteiger partial charge >= 0.3 is 0 Å². The fourth-order valence-electron chi connectivity index (χ4n) is 1.41. The van der Waals surface area contributed by atoms with Gasteiger partial charge < -0.3 is 5.32 Å². The van der Waals surface area contributed by atoms with Gasteiger partial charge in [-0.1, -0.05) is 11.3 Å². The summed E-state index contributed by atoms with van der Waals surface area (Å²) in [7, 11) is -1.19. The summed E-state index contributed by atoms with van der Waals surface area (Å²) in [6.45, 7) is 0.526. The average molecular weight is 228 g/mol. The van der Waals surface area contributed by atoms with E-state index in [1.54, 1.807) is 24.0 Å². The minimum Gasteiger partial charge on any atom is -0.304 e. The number of aryl methyl sites for hydroxylation is 1. The molecule has 0 bridgehead atoms. The first-order chi connectivity index (χ1) is 7.05. The summed E-state index contributed by atoms with van der Waals surface area (Å²) in [4.78, 5) is 0. The number of nitrogens with one attached hydrogen (secondary N) is 1. The third kappa shape index (κ3) is 2.63. The Morgan fingerprint density at radius 2 is 2.47 bits per heavy atom. The maximum atomic E-state index is 11.1. The maximum Gasteiger partial charge on any atom is 0.173 e. The minimum atomic E-state index is -2.98. The van der Waals surface area contributed by atoms with Crippen molar-refractivity contribution in [1.29, 1.82) is 0 Å². The summed E-state index contributed by atoms with van der Waals surface area (Å²) in [5, 5.41) is 12.0. The van der Waals surface area contributed by atoms with E-state index in [1.807, 2.05) is 0 Å². The lowest BCUT2D eigenvalue weighted by Gasteiger charge is -2.06. The van der Waals surface area contributed by atoms with Crippen LogP contribution in [-0.4, -0.2) is 35.2 Å². The lowest BCUT2D eigenvalue weighted by molar-refractivity contribution is 0.588. The van der Waals surface area contributed by atoms with E-state index in [0.29, 0.717) is 6.54 Å². The van der Waals surface area contributed by atoms with Crippen LogP contribution in [0.4, 0.5) is 0 Å². The Kier molecular flexibility index (Phi) is 2.57. The van der Waals surface area contributed by atoms with Crippen LogP contribution in [0.2, 0.25) is 0 Å². The van der Waals surface area contributed by atoms with Gasteiger partial charge in [0.2, 0.25) is 0 Å². The molecule has 2 heterocycles. The van der Waals surface area contributed by atoms with E-state index >= 15 is 0 Å². The number of sulfone groups is 1. The molecule has 0 radical (unpaired) electrons. The van der Waals surface area contributed by atoms with Gasteiger partial charge in [0.1, 0.15) is 0 Å². The summed E-state index contributed by atoms with van der Waals surface area (Å²) in [5.41, 5.74) is 0.801. The van der Waals surface area contributed by atoms with Crippen molar-refractivity contribution in [3.8, 4) is 0 Å². The fourth-order valence-corrected chi connectivity index (χ4v) is 2.68. The van der Waals surface area contributed by atoms with Crippen molar-refractivity contribution in [1.82, 2.24) is 20.3 Å². The van der Waals surface area contributed by atoms with E-state index in [9.17, 15) is 8.42 Å². The van der Waals surface area contributed by atoms with Crippen molar-refractivity contribution in [2.24, 2.45) is 7.05 Å². The van der Waals surface area contributed by atoms with Crippen LogP contribution in [0.15, 0.2) is 17.7 Å². The highest BCUT2D eigenvalue weighted by Crippen LogP contribution is 2.08. The summed E-state index contributed by atoms with van der Waals surface area (Å²) >= 11 is 0. The van der Waals surface area contributed by atoms with Crippen LogP contribution in [0, 0.1) is 0 Å². The molecule has 6 nitrogen and oxygen atoms in total. The van der Waals surface area contributed by atoms with Gasteiger partial charge in [-0.25, -0.2) is 8.42 Å².